The van der Waals surface area contributed by atoms with Crippen LogP contribution in [0.25, 0.3) is 0 Å². The van der Waals surface area contributed by atoms with Crippen molar-refractivity contribution < 1.29 is 4.74 Å². The van der Waals surface area contributed by atoms with Crippen LogP contribution in [0.5, 0.6) is 5.75 Å². The van der Waals surface area contributed by atoms with Gasteiger partial charge in [-0.3, -0.25) is 0 Å². The van der Waals surface area contributed by atoms with Gasteiger partial charge in [0.15, 0.2) is 0 Å². The predicted octanol–water partition coefficient (Wildman–Crippen LogP) is 2.70. The summed E-state index contributed by atoms with van der Waals surface area (Å²) >= 11 is 6.16. The van der Waals surface area contributed by atoms with Crippen molar-refractivity contribution in [2.24, 2.45) is 0 Å². The van der Waals surface area contributed by atoms with Gasteiger partial charge in [0.2, 0.25) is 0 Å². The zero-order chi connectivity index (χ0) is 14.0. The molecule has 0 fully saturated rings. The van der Waals surface area contributed by atoms with E-state index in [0.717, 1.165) is 42.5 Å². The van der Waals surface area contributed by atoms with Crippen LogP contribution in [0.4, 0.5) is 0 Å². The van der Waals surface area contributed by atoms with Crippen LogP contribution >= 0.6 is 11.6 Å². The first-order chi connectivity index (χ1) is 8.90. The van der Waals surface area contributed by atoms with Crippen LogP contribution in [0, 0.1) is 0 Å². The Morgan fingerprint density at radius 3 is 2.79 bits per heavy atom. The molecular weight excluding hydrogens is 260 g/mol. The van der Waals surface area contributed by atoms with Gasteiger partial charge in [0, 0.05) is 35.6 Å². The lowest BCUT2D eigenvalue weighted by molar-refractivity contribution is 0.189. The number of ether oxygens (including phenoxy) is 1. The van der Waals surface area contributed by atoms with Gasteiger partial charge in [-0.2, -0.15) is 0 Å². The number of benzene rings is 1. The molecule has 1 heterocycles. The number of nitrogens with zero attached hydrogens (tertiary/aromatic N) is 1. The third-order valence-corrected chi connectivity index (χ3v) is 4.13. The highest BCUT2D eigenvalue weighted by atomic mass is 35.5. The Bertz CT molecular complexity index is 458. The van der Waals surface area contributed by atoms with Crippen molar-refractivity contribution in [1.29, 1.82) is 0 Å². The highest BCUT2D eigenvalue weighted by Gasteiger charge is 2.21. The SMILES string of the molecule is CN(C)C(C)(C)CNCc1cc(Cl)cc2c1OCC2. The van der Waals surface area contributed by atoms with E-state index < -0.39 is 0 Å². The minimum absolute atomic E-state index is 0.128. The van der Waals surface area contributed by atoms with Crippen molar-refractivity contribution in [1.82, 2.24) is 10.2 Å². The molecule has 0 bridgehead atoms. The van der Waals surface area contributed by atoms with Gasteiger partial charge >= 0.3 is 0 Å². The average Bonchev–Trinajstić information content (AvgIpc) is 2.76. The second kappa shape index (κ2) is 5.70. The normalized spacial score (nSPS) is 14.6. The highest BCUT2D eigenvalue weighted by Crippen LogP contribution is 2.32. The lowest BCUT2D eigenvalue weighted by Gasteiger charge is -2.32. The Kier molecular flexibility index (Phi) is 4.39. The monoisotopic (exact) mass is 282 g/mol. The van der Waals surface area contributed by atoms with Gasteiger partial charge in [0.1, 0.15) is 5.75 Å². The maximum atomic E-state index is 6.16. The molecule has 3 nitrogen and oxygen atoms in total. The minimum Gasteiger partial charge on any atom is -0.493 e. The molecule has 0 amide bonds. The molecule has 0 radical (unpaired) electrons. The molecule has 1 aromatic rings. The van der Waals surface area contributed by atoms with Crippen molar-refractivity contribution in [3.8, 4) is 5.75 Å². The van der Waals surface area contributed by atoms with E-state index in [-0.39, 0.29) is 5.54 Å². The van der Waals surface area contributed by atoms with Crippen LogP contribution in [0.3, 0.4) is 0 Å². The highest BCUT2D eigenvalue weighted by molar-refractivity contribution is 6.30. The Hall–Kier alpha value is -0.770. The van der Waals surface area contributed by atoms with E-state index in [2.05, 4.69) is 38.2 Å². The molecule has 0 saturated carbocycles. The zero-order valence-corrected chi connectivity index (χ0v) is 13.0. The average molecular weight is 283 g/mol. The minimum atomic E-state index is 0.128. The van der Waals surface area contributed by atoms with E-state index in [1.807, 2.05) is 12.1 Å². The predicted molar refractivity (Wildman–Crippen MR) is 80.1 cm³/mol. The Morgan fingerprint density at radius 1 is 1.37 bits per heavy atom. The smallest absolute Gasteiger partial charge is 0.127 e. The number of likely N-dealkylation sites (N-methyl/N-ethyl adjacent to an activating group) is 1. The second-order valence-corrected chi connectivity index (χ2v) is 6.40. The Labute approximate surface area is 120 Å². The molecule has 19 heavy (non-hydrogen) atoms. The van der Waals surface area contributed by atoms with E-state index in [1.165, 1.54) is 5.56 Å². The molecule has 4 heteroatoms. The summed E-state index contributed by atoms with van der Waals surface area (Å²) in [7, 11) is 4.20. The van der Waals surface area contributed by atoms with Crippen molar-refractivity contribution >= 4 is 11.6 Å². The van der Waals surface area contributed by atoms with Gasteiger partial charge in [-0.25, -0.2) is 0 Å². The topological polar surface area (TPSA) is 24.5 Å². The molecule has 1 aliphatic heterocycles. The molecule has 2 rings (SSSR count). The van der Waals surface area contributed by atoms with Crippen LogP contribution in [0.1, 0.15) is 25.0 Å². The molecule has 0 spiro atoms. The molecule has 0 aromatic heterocycles. The lowest BCUT2D eigenvalue weighted by atomic mass is 10.0. The standard InChI is InChI=1S/C15H23ClN2O/c1-15(2,18(3)4)10-17-9-12-8-13(16)7-11-5-6-19-14(11)12/h7-8,17H,5-6,9-10H2,1-4H3. The number of halogens is 1. The number of nitrogens with one attached hydrogen (secondary N) is 1. The number of hydrogen-bond donors (Lipinski definition) is 1. The molecule has 1 N–H and O–H groups in total. The van der Waals surface area contributed by atoms with Crippen molar-refractivity contribution in [2.45, 2.75) is 32.4 Å². The summed E-state index contributed by atoms with van der Waals surface area (Å²) in [4.78, 5) is 2.22. The Morgan fingerprint density at radius 2 is 2.11 bits per heavy atom. The van der Waals surface area contributed by atoms with Gasteiger partial charge in [-0.05, 0) is 45.6 Å². The molecule has 1 aliphatic rings. The second-order valence-electron chi connectivity index (χ2n) is 5.96. The fraction of sp³-hybridized carbons (Fsp3) is 0.600. The maximum absolute atomic E-state index is 6.16. The third-order valence-electron chi connectivity index (χ3n) is 3.91. The van der Waals surface area contributed by atoms with Crippen LogP contribution in [0.15, 0.2) is 12.1 Å². The number of rotatable bonds is 5. The molecule has 0 unspecified atom stereocenters. The molecule has 0 atom stereocenters. The molecule has 0 aliphatic carbocycles. The van der Waals surface area contributed by atoms with Gasteiger partial charge in [0.05, 0.1) is 6.61 Å². The first-order valence-corrected chi connectivity index (χ1v) is 7.10. The summed E-state index contributed by atoms with van der Waals surface area (Å²) in [5.41, 5.74) is 2.52. The van der Waals surface area contributed by atoms with E-state index in [0.29, 0.717) is 0 Å². The van der Waals surface area contributed by atoms with Gasteiger partial charge in [0.25, 0.3) is 0 Å². The number of hydrogen-bond acceptors (Lipinski definition) is 3. The largest absolute Gasteiger partial charge is 0.493 e. The van der Waals surface area contributed by atoms with E-state index in [4.69, 9.17) is 16.3 Å². The van der Waals surface area contributed by atoms with E-state index >= 15 is 0 Å². The van der Waals surface area contributed by atoms with E-state index in [1.54, 1.807) is 0 Å². The lowest BCUT2D eigenvalue weighted by Crippen LogP contribution is -2.46. The first-order valence-electron chi connectivity index (χ1n) is 6.72. The van der Waals surface area contributed by atoms with Crippen molar-refractivity contribution in [2.75, 3.05) is 27.2 Å². The Balaban J connectivity index is 2.01. The summed E-state index contributed by atoms with van der Waals surface area (Å²) in [6, 6.07) is 4.01. The first kappa shape index (κ1) is 14.6. The molecular formula is C15H23ClN2O. The van der Waals surface area contributed by atoms with Gasteiger partial charge < -0.3 is 15.0 Å². The molecule has 0 saturated heterocycles. The summed E-state index contributed by atoms with van der Waals surface area (Å²) in [5.74, 6) is 1.03. The molecule has 1 aromatic carbocycles. The van der Waals surface area contributed by atoms with Gasteiger partial charge in [-0.1, -0.05) is 11.6 Å². The summed E-state index contributed by atoms with van der Waals surface area (Å²) in [6.45, 7) is 6.92. The summed E-state index contributed by atoms with van der Waals surface area (Å²) in [5, 5.41) is 4.30. The van der Waals surface area contributed by atoms with Crippen LogP contribution < -0.4 is 10.1 Å². The number of fused-ring (bicyclic) bond motifs is 1. The van der Waals surface area contributed by atoms with Crippen molar-refractivity contribution in [3.05, 3.63) is 28.3 Å². The van der Waals surface area contributed by atoms with Gasteiger partial charge in [-0.15, -0.1) is 0 Å². The summed E-state index contributed by atoms with van der Waals surface area (Å²) in [6.07, 6.45) is 0.964. The fourth-order valence-corrected chi connectivity index (χ4v) is 2.40. The summed E-state index contributed by atoms with van der Waals surface area (Å²) < 4.78 is 5.71. The maximum Gasteiger partial charge on any atom is 0.127 e. The van der Waals surface area contributed by atoms with Crippen LogP contribution in [-0.2, 0) is 13.0 Å². The van der Waals surface area contributed by atoms with Crippen LogP contribution in [0.2, 0.25) is 5.02 Å². The van der Waals surface area contributed by atoms with Crippen LogP contribution in [-0.4, -0.2) is 37.7 Å². The quantitative estimate of drug-likeness (QED) is 0.899. The zero-order valence-electron chi connectivity index (χ0n) is 12.2. The molecule has 106 valence electrons. The fourth-order valence-electron chi connectivity index (χ4n) is 2.14. The third kappa shape index (κ3) is 3.41. The van der Waals surface area contributed by atoms with Crippen molar-refractivity contribution in [3.63, 3.8) is 0 Å². The van der Waals surface area contributed by atoms with E-state index in [9.17, 15) is 0 Å².